The summed E-state index contributed by atoms with van der Waals surface area (Å²) in [6.07, 6.45) is 2.32. The fraction of sp³-hybridized carbons (Fsp3) is 0.909. The Morgan fingerprint density at radius 3 is 2.47 bits per heavy atom. The highest BCUT2D eigenvalue weighted by atomic mass is 16.1. The third-order valence-corrected chi connectivity index (χ3v) is 2.59. The summed E-state index contributed by atoms with van der Waals surface area (Å²) >= 11 is 0. The molecule has 0 heterocycles. The molecule has 0 saturated heterocycles. The zero-order valence-corrected chi connectivity index (χ0v) is 10.5. The van der Waals surface area contributed by atoms with Crippen molar-refractivity contribution in [3.05, 3.63) is 0 Å². The van der Waals surface area contributed by atoms with Crippen LogP contribution in [0.1, 0.15) is 33.6 Å². The van der Waals surface area contributed by atoms with Gasteiger partial charge in [-0.25, -0.2) is 0 Å². The number of hydrogen-bond acceptors (Lipinski definition) is 3. The molecule has 0 fully saturated rings. The predicted molar refractivity (Wildman–Crippen MR) is 63.7 cm³/mol. The van der Waals surface area contributed by atoms with E-state index < -0.39 is 5.54 Å². The van der Waals surface area contributed by atoms with Gasteiger partial charge in [-0.3, -0.25) is 4.79 Å². The Labute approximate surface area is 93.2 Å². The molecule has 0 aromatic rings. The smallest absolute Gasteiger partial charge is 0.238 e. The lowest BCUT2D eigenvalue weighted by atomic mass is 10.0. The number of hydrogen-bond donors (Lipinski definition) is 2. The lowest BCUT2D eigenvalue weighted by Gasteiger charge is -2.31. The summed E-state index contributed by atoms with van der Waals surface area (Å²) in [5.41, 5.74) is 4.79. The normalized spacial score (nSPS) is 15.3. The highest BCUT2D eigenvalue weighted by Crippen LogP contribution is 2.06. The molecule has 0 rings (SSSR count). The second-order valence-corrected chi connectivity index (χ2v) is 4.32. The molecule has 0 aliphatic heterocycles. The van der Waals surface area contributed by atoms with Gasteiger partial charge in [0, 0.05) is 6.54 Å². The molecule has 0 aliphatic rings. The summed E-state index contributed by atoms with van der Waals surface area (Å²) in [4.78, 5) is 13.5. The summed E-state index contributed by atoms with van der Waals surface area (Å²) in [5, 5.41) is 3.15. The summed E-state index contributed by atoms with van der Waals surface area (Å²) in [5.74, 6) is -0.285. The Balaban J connectivity index is 4.21. The quantitative estimate of drug-likeness (QED) is 0.622. The molecule has 1 amide bonds. The molecule has 0 saturated carbocycles. The Hall–Kier alpha value is -0.610. The topological polar surface area (TPSA) is 58.4 Å². The van der Waals surface area contributed by atoms with Crippen molar-refractivity contribution in [1.82, 2.24) is 10.2 Å². The van der Waals surface area contributed by atoms with Gasteiger partial charge in [0.25, 0.3) is 0 Å². The standard InChI is InChI=1S/C11H25N3O/c1-5-7-8-14(4)9-11(3,10(12)15)13-6-2/h13H,5-9H2,1-4H3,(H2,12,15). The summed E-state index contributed by atoms with van der Waals surface area (Å²) in [6.45, 7) is 8.42. The van der Waals surface area contributed by atoms with Crippen LogP contribution in [0, 0.1) is 0 Å². The molecule has 1 atom stereocenters. The first-order chi connectivity index (χ1) is 6.96. The van der Waals surface area contributed by atoms with E-state index in [1.165, 1.54) is 6.42 Å². The number of amides is 1. The number of carbonyl (C=O) groups excluding carboxylic acids is 1. The fourth-order valence-electron chi connectivity index (χ4n) is 1.66. The zero-order valence-electron chi connectivity index (χ0n) is 10.5. The first-order valence-electron chi connectivity index (χ1n) is 5.69. The fourth-order valence-corrected chi connectivity index (χ4v) is 1.66. The average Bonchev–Trinajstić information content (AvgIpc) is 2.14. The molecule has 15 heavy (non-hydrogen) atoms. The minimum atomic E-state index is -0.614. The van der Waals surface area contributed by atoms with Crippen LogP contribution >= 0.6 is 0 Å². The van der Waals surface area contributed by atoms with Gasteiger partial charge in [0.15, 0.2) is 0 Å². The predicted octanol–water partition coefficient (Wildman–Crippen LogP) is 0.572. The van der Waals surface area contributed by atoms with Crippen molar-refractivity contribution in [3.63, 3.8) is 0 Å². The highest BCUT2D eigenvalue weighted by Gasteiger charge is 2.30. The number of carbonyl (C=O) groups is 1. The van der Waals surface area contributed by atoms with E-state index in [1.807, 2.05) is 20.9 Å². The minimum absolute atomic E-state index is 0.285. The van der Waals surface area contributed by atoms with Gasteiger partial charge in [0.05, 0.1) is 0 Å². The number of rotatable bonds is 8. The van der Waals surface area contributed by atoms with Gasteiger partial charge in [0.2, 0.25) is 5.91 Å². The Morgan fingerprint density at radius 2 is 2.07 bits per heavy atom. The van der Waals surface area contributed by atoms with Crippen LogP contribution in [-0.4, -0.2) is 43.0 Å². The second kappa shape index (κ2) is 6.80. The molecule has 4 heteroatoms. The van der Waals surface area contributed by atoms with Crippen LogP contribution in [0.3, 0.4) is 0 Å². The van der Waals surface area contributed by atoms with Crippen LogP contribution in [0.2, 0.25) is 0 Å². The van der Waals surface area contributed by atoms with E-state index in [2.05, 4.69) is 17.1 Å². The number of nitrogens with zero attached hydrogens (tertiary/aromatic N) is 1. The number of unbranched alkanes of at least 4 members (excludes halogenated alkanes) is 1. The van der Waals surface area contributed by atoms with Crippen molar-refractivity contribution < 1.29 is 4.79 Å². The van der Waals surface area contributed by atoms with Crippen LogP contribution in [0.15, 0.2) is 0 Å². The maximum absolute atomic E-state index is 11.4. The average molecular weight is 215 g/mol. The van der Waals surface area contributed by atoms with Gasteiger partial charge < -0.3 is 16.0 Å². The maximum atomic E-state index is 11.4. The van der Waals surface area contributed by atoms with Crippen molar-refractivity contribution in [2.75, 3.05) is 26.7 Å². The van der Waals surface area contributed by atoms with E-state index in [1.54, 1.807) is 0 Å². The van der Waals surface area contributed by atoms with E-state index in [0.717, 1.165) is 19.5 Å². The molecule has 0 radical (unpaired) electrons. The molecule has 0 aromatic heterocycles. The lowest BCUT2D eigenvalue weighted by molar-refractivity contribution is -0.124. The van der Waals surface area contributed by atoms with E-state index in [-0.39, 0.29) is 5.91 Å². The van der Waals surface area contributed by atoms with Crippen LogP contribution in [-0.2, 0) is 4.79 Å². The van der Waals surface area contributed by atoms with Crippen LogP contribution in [0.4, 0.5) is 0 Å². The Morgan fingerprint density at radius 1 is 1.47 bits per heavy atom. The lowest BCUT2D eigenvalue weighted by Crippen LogP contribution is -2.59. The molecule has 0 aliphatic carbocycles. The van der Waals surface area contributed by atoms with Crippen LogP contribution < -0.4 is 11.1 Å². The van der Waals surface area contributed by atoms with Gasteiger partial charge in [-0.2, -0.15) is 0 Å². The summed E-state index contributed by atoms with van der Waals surface area (Å²) in [6, 6.07) is 0. The van der Waals surface area contributed by atoms with Gasteiger partial charge in [-0.05, 0) is 33.5 Å². The first-order valence-corrected chi connectivity index (χ1v) is 5.69. The highest BCUT2D eigenvalue weighted by molar-refractivity contribution is 5.84. The number of likely N-dealkylation sites (N-methyl/N-ethyl adjacent to an activating group) is 2. The molecule has 90 valence electrons. The van der Waals surface area contributed by atoms with E-state index in [0.29, 0.717) is 6.54 Å². The SMILES string of the molecule is CCCCN(C)CC(C)(NCC)C(N)=O. The van der Waals surface area contributed by atoms with E-state index >= 15 is 0 Å². The van der Waals surface area contributed by atoms with Crippen molar-refractivity contribution in [2.24, 2.45) is 5.73 Å². The molecule has 1 unspecified atom stereocenters. The van der Waals surface area contributed by atoms with Crippen molar-refractivity contribution in [1.29, 1.82) is 0 Å². The third kappa shape index (κ3) is 5.14. The van der Waals surface area contributed by atoms with Crippen LogP contribution in [0.25, 0.3) is 0 Å². The number of primary amides is 1. The zero-order chi connectivity index (χ0) is 11.9. The van der Waals surface area contributed by atoms with Crippen LogP contribution in [0.5, 0.6) is 0 Å². The Kier molecular flexibility index (Phi) is 6.52. The van der Waals surface area contributed by atoms with Crippen molar-refractivity contribution in [2.45, 2.75) is 39.2 Å². The van der Waals surface area contributed by atoms with Crippen molar-refractivity contribution >= 4 is 5.91 Å². The first kappa shape index (κ1) is 14.4. The van der Waals surface area contributed by atoms with E-state index in [4.69, 9.17) is 5.73 Å². The summed E-state index contributed by atoms with van der Waals surface area (Å²) < 4.78 is 0. The van der Waals surface area contributed by atoms with Gasteiger partial charge in [-0.1, -0.05) is 20.3 Å². The third-order valence-electron chi connectivity index (χ3n) is 2.59. The second-order valence-electron chi connectivity index (χ2n) is 4.32. The molecule has 3 N–H and O–H groups in total. The maximum Gasteiger partial charge on any atom is 0.238 e. The minimum Gasteiger partial charge on any atom is -0.368 e. The largest absolute Gasteiger partial charge is 0.368 e. The summed E-state index contributed by atoms with van der Waals surface area (Å²) in [7, 11) is 2.02. The monoisotopic (exact) mass is 215 g/mol. The number of nitrogens with two attached hydrogens (primary N) is 1. The van der Waals surface area contributed by atoms with Gasteiger partial charge in [0.1, 0.15) is 5.54 Å². The molecule has 0 bridgehead atoms. The molecule has 0 spiro atoms. The van der Waals surface area contributed by atoms with Gasteiger partial charge in [-0.15, -0.1) is 0 Å². The molecular formula is C11H25N3O. The molecular weight excluding hydrogens is 190 g/mol. The Bertz CT molecular complexity index is 196. The molecule has 4 nitrogen and oxygen atoms in total. The van der Waals surface area contributed by atoms with Crippen molar-refractivity contribution in [3.8, 4) is 0 Å². The number of nitrogens with one attached hydrogen (secondary N) is 1. The van der Waals surface area contributed by atoms with Gasteiger partial charge >= 0.3 is 0 Å². The molecule has 0 aromatic carbocycles. The van der Waals surface area contributed by atoms with E-state index in [9.17, 15) is 4.79 Å².